The average molecular weight is 343 g/mol. The van der Waals surface area contributed by atoms with E-state index in [-0.39, 0.29) is 30.6 Å². The summed E-state index contributed by atoms with van der Waals surface area (Å²) in [5, 5.41) is 4.90. The molecule has 1 aromatic carbocycles. The molecule has 25 heavy (non-hydrogen) atoms. The molecule has 2 aliphatic rings. The number of hydrogen-bond donors (Lipinski definition) is 2. The van der Waals surface area contributed by atoms with Gasteiger partial charge in [0.25, 0.3) is 0 Å². The lowest BCUT2D eigenvalue weighted by Gasteiger charge is -2.27. The molecular formula is C18H21N3O4. The molecule has 2 unspecified atom stereocenters. The minimum atomic E-state index is -0.711. The van der Waals surface area contributed by atoms with Gasteiger partial charge in [0.15, 0.2) is 0 Å². The molecule has 132 valence electrons. The summed E-state index contributed by atoms with van der Waals surface area (Å²) in [5.74, 6) is -1.22. The smallest absolute Gasteiger partial charge is 0.249 e. The van der Waals surface area contributed by atoms with E-state index in [1.54, 1.807) is 4.90 Å². The van der Waals surface area contributed by atoms with Crippen LogP contribution in [0, 0.1) is 0 Å². The van der Waals surface area contributed by atoms with Crippen molar-refractivity contribution < 1.29 is 19.2 Å². The summed E-state index contributed by atoms with van der Waals surface area (Å²) in [6.07, 6.45) is 2.09. The Morgan fingerprint density at radius 1 is 1.16 bits per heavy atom. The first-order chi connectivity index (χ1) is 12.0. The summed E-state index contributed by atoms with van der Waals surface area (Å²) in [5.41, 5.74) is 0.906. The molecule has 2 N–H and O–H groups in total. The summed E-state index contributed by atoms with van der Waals surface area (Å²) < 4.78 is 0. The van der Waals surface area contributed by atoms with Crippen LogP contribution in [-0.4, -0.2) is 47.2 Å². The van der Waals surface area contributed by atoms with Gasteiger partial charge >= 0.3 is 0 Å². The third kappa shape index (κ3) is 4.04. The Bertz CT molecular complexity index is 689. The highest BCUT2D eigenvalue weighted by Gasteiger charge is 2.36. The highest BCUT2D eigenvalue weighted by atomic mass is 16.2. The zero-order valence-electron chi connectivity index (χ0n) is 13.9. The molecular weight excluding hydrogens is 322 g/mol. The van der Waals surface area contributed by atoms with Gasteiger partial charge in [-0.2, -0.15) is 0 Å². The minimum absolute atomic E-state index is 0.0906. The molecule has 2 fully saturated rings. The summed E-state index contributed by atoms with van der Waals surface area (Å²) >= 11 is 0. The van der Waals surface area contributed by atoms with Crippen LogP contribution in [0.2, 0.25) is 0 Å². The van der Waals surface area contributed by atoms with Crippen molar-refractivity contribution in [2.24, 2.45) is 0 Å². The number of nitrogens with one attached hydrogen (secondary N) is 2. The Morgan fingerprint density at radius 2 is 1.92 bits per heavy atom. The highest BCUT2D eigenvalue weighted by molar-refractivity contribution is 6.02. The monoisotopic (exact) mass is 343 g/mol. The second-order valence-corrected chi connectivity index (χ2v) is 6.42. The lowest BCUT2D eigenvalue weighted by molar-refractivity contribution is -0.140. The number of nitrogens with zero attached hydrogens (tertiary/aromatic N) is 1. The lowest BCUT2D eigenvalue weighted by atomic mass is 10.1. The Hall–Kier alpha value is -2.70. The van der Waals surface area contributed by atoms with Gasteiger partial charge in [0, 0.05) is 13.0 Å². The molecule has 2 atom stereocenters. The molecule has 4 amide bonds. The number of piperidine rings is 1. The van der Waals surface area contributed by atoms with E-state index in [0.717, 1.165) is 12.0 Å². The molecule has 0 aliphatic carbocycles. The van der Waals surface area contributed by atoms with Gasteiger partial charge in [-0.25, -0.2) is 0 Å². The Balaban J connectivity index is 1.60. The zero-order valence-corrected chi connectivity index (χ0v) is 13.9. The van der Waals surface area contributed by atoms with Crippen LogP contribution in [0.15, 0.2) is 30.3 Å². The van der Waals surface area contributed by atoms with E-state index in [0.29, 0.717) is 19.4 Å². The highest BCUT2D eigenvalue weighted by Crippen LogP contribution is 2.19. The van der Waals surface area contributed by atoms with E-state index in [2.05, 4.69) is 10.6 Å². The average Bonchev–Trinajstić information content (AvgIpc) is 3.08. The van der Waals surface area contributed by atoms with Crippen molar-refractivity contribution in [2.45, 2.75) is 44.2 Å². The van der Waals surface area contributed by atoms with Crippen molar-refractivity contribution in [3.63, 3.8) is 0 Å². The maximum atomic E-state index is 12.6. The van der Waals surface area contributed by atoms with Crippen LogP contribution >= 0.6 is 0 Å². The van der Waals surface area contributed by atoms with E-state index >= 15 is 0 Å². The summed E-state index contributed by atoms with van der Waals surface area (Å²) in [4.78, 5) is 49.6. The molecule has 0 spiro atoms. The summed E-state index contributed by atoms with van der Waals surface area (Å²) in [6, 6.07) is 8.14. The van der Waals surface area contributed by atoms with Crippen molar-refractivity contribution in [1.29, 1.82) is 0 Å². The number of amides is 4. The molecule has 1 aromatic rings. The molecule has 2 aliphatic heterocycles. The van der Waals surface area contributed by atoms with E-state index in [1.807, 2.05) is 30.3 Å². The number of benzene rings is 1. The topological polar surface area (TPSA) is 95.6 Å². The maximum Gasteiger partial charge on any atom is 0.249 e. The van der Waals surface area contributed by atoms with Crippen LogP contribution in [-0.2, 0) is 25.6 Å². The number of carbonyl (C=O) groups excluding carboxylic acids is 4. The second kappa shape index (κ2) is 7.46. The predicted octanol–water partition coefficient (Wildman–Crippen LogP) is 0.142. The SMILES string of the molecule is O=C1CCC(NC(=O)C2CCCN2C(=O)Cc2ccccc2)C(=O)N1. The molecule has 0 saturated carbocycles. The van der Waals surface area contributed by atoms with E-state index in [4.69, 9.17) is 0 Å². The first kappa shape index (κ1) is 17.1. The molecule has 7 nitrogen and oxygen atoms in total. The quantitative estimate of drug-likeness (QED) is 0.760. The van der Waals surface area contributed by atoms with Gasteiger partial charge in [-0.15, -0.1) is 0 Å². The third-order valence-corrected chi connectivity index (χ3v) is 4.63. The van der Waals surface area contributed by atoms with E-state index in [1.165, 1.54) is 0 Å². The van der Waals surface area contributed by atoms with Crippen LogP contribution in [0.5, 0.6) is 0 Å². The maximum absolute atomic E-state index is 12.6. The van der Waals surface area contributed by atoms with Crippen LogP contribution < -0.4 is 10.6 Å². The van der Waals surface area contributed by atoms with Crippen molar-refractivity contribution >= 4 is 23.6 Å². The van der Waals surface area contributed by atoms with Gasteiger partial charge in [-0.3, -0.25) is 24.5 Å². The van der Waals surface area contributed by atoms with Crippen LogP contribution in [0.1, 0.15) is 31.2 Å². The normalized spacial score (nSPS) is 23.3. The van der Waals surface area contributed by atoms with Gasteiger partial charge in [-0.1, -0.05) is 30.3 Å². The van der Waals surface area contributed by atoms with Crippen molar-refractivity contribution in [1.82, 2.24) is 15.5 Å². The number of carbonyl (C=O) groups is 4. The molecule has 3 rings (SSSR count). The van der Waals surface area contributed by atoms with E-state index < -0.39 is 18.0 Å². The molecule has 7 heteroatoms. The molecule has 2 saturated heterocycles. The van der Waals surface area contributed by atoms with Crippen molar-refractivity contribution in [2.75, 3.05) is 6.54 Å². The third-order valence-electron chi connectivity index (χ3n) is 4.63. The van der Waals surface area contributed by atoms with Gasteiger partial charge < -0.3 is 10.2 Å². The minimum Gasteiger partial charge on any atom is -0.342 e. The van der Waals surface area contributed by atoms with Crippen LogP contribution in [0.25, 0.3) is 0 Å². The van der Waals surface area contributed by atoms with Gasteiger partial charge in [-0.05, 0) is 24.8 Å². The second-order valence-electron chi connectivity index (χ2n) is 6.42. The predicted molar refractivity (Wildman–Crippen MR) is 89.2 cm³/mol. The largest absolute Gasteiger partial charge is 0.342 e. The van der Waals surface area contributed by atoms with Gasteiger partial charge in [0.1, 0.15) is 12.1 Å². The molecule has 0 bridgehead atoms. The fraction of sp³-hybridized carbons (Fsp3) is 0.444. The lowest BCUT2D eigenvalue weighted by Crippen LogP contribution is -2.56. The van der Waals surface area contributed by atoms with Crippen LogP contribution in [0.4, 0.5) is 0 Å². The zero-order chi connectivity index (χ0) is 17.8. The summed E-state index contributed by atoms with van der Waals surface area (Å²) in [7, 11) is 0. The molecule has 0 aromatic heterocycles. The van der Waals surface area contributed by atoms with Crippen molar-refractivity contribution in [3.8, 4) is 0 Å². The number of rotatable bonds is 4. The number of hydrogen-bond acceptors (Lipinski definition) is 4. The molecule has 0 radical (unpaired) electrons. The van der Waals surface area contributed by atoms with Gasteiger partial charge in [0.05, 0.1) is 6.42 Å². The first-order valence-corrected chi connectivity index (χ1v) is 8.52. The Labute approximate surface area is 145 Å². The number of imide groups is 1. The fourth-order valence-electron chi connectivity index (χ4n) is 3.31. The number of likely N-dealkylation sites (tertiary alicyclic amines) is 1. The fourth-order valence-corrected chi connectivity index (χ4v) is 3.31. The molecule has 2 heterocycles. The Kier molecular flexibility index (Phi) is 5.11. The Morgan fingerprint density at radius 3 is 2.64 bits per heavy atom. The van der Waals surface area contributed by atoms with Gasteiger partial charge in [0.2, 0.25) is 23.6 Å². The van der Waals surface area contributed by atoms with Crippen molar-refractivity contribution in [3.05, 3.63) is 35.9 Å². The first-order valence-electron chi connectivity index (χ1n) is 8.52. The summed E-state index contributed by atoms with van der Waals surface area (Å²) in [6.45, 7) is 0.541. The van der Waals surface area contributed by atoms with Crippen LogP contribution in [0.3, 0.4) is 0 Å². The standard InChI is InChI=1S/C18H21N3O4/c22-15-9-8-13(17(24)20-15)19-18(25)14-7-4-10-21(14)16(23)11-12-5-2-1-3-6-12/h1-3,5-6,13-14H,4,7-11H2,(H,19,25)(H,20,22,24). The van der Waals surface area contributed by atoms with E-state index in [9.17, 15) is 19.2 Å².